The highest BCUT2D eigenvalue weighted by Gasteiger charge is 2.50. The Morgan fingerprint density at radius 3 is 2.33 bits per heavy atom. The normalized spacial score (nSPS) is 28.8. The van der Waals surface area contributed by atoms with Crippen molar-refractivity contribution in [2.75, 3.05) is 31.6 Å². The number of nitrogens with one attached hydrogen (secondary N) is 2. The molecule has 0 aromatic carbocycles. The molecule has 5 unspecified atom stereocenters. The lowest BCUT2D eigenvalue weighted by atomic mass is 10.1. The summed E-state index contributed by atoms with van der Waals surface area (Å²) in [5, 5.41) is 45.5. The number of nitrogens with two attached hydrogens (primary N) is 2. The molecule has 27 heteroatoms. The van der Waals surface area contributed by atoms with Gasteiger partial charge in [-0.05, 0) is 25.5 Å². The largest absolute Gasteiger partial charge is 0.490 e. The minimum absolute atomic E-state index is 0.0251. The summed E-state index contributed by atoms with van der Waals surface area (Å²) in [6.07, 6.45) is -1.40. The summed E-state index contributed by atoms with van der Waals surface area (Å²) in [7, 11) is -17.1. The molecule has 5 rings (SSSR count). The lowest BCUT2D eigenvalue weighted by molar-refractivity contribution is -0.728. The second-order valence-electron chi connectivity index (χ2n) is 12.9. The number of H-pyrrole nitrogens is 1. The molecule has 1 amide bonds. The van der Waals surface area contributed by atoms with Crippen molar-refractivity contribution in [3.8, 4) is 0 Å². The summed E-state index contributed by atoms with van der Waals surface area (Å²) in [6, 6.07) is 2.07. The highest BCUT2D eigenvalue weighted by molar-refractivity contribution is 7.66. The Morgan fingerprint density at radius 1 is 0.945 bits per heavy atom. The van der Waals surface area contributed by atoms with Gasteiger partial charge in [-0.1, -0.05) is 12.8 Å². The summed E-state index contributed by atoms with van der Waals surface area (Å²) in [5.74, 6) is -1.33. The number of primary amides is 1. The molecular weight excluding hydrogens is 797 g/mol. The zero-order valence-corrected chi connectivity index (χ0v) is 31.6. The predicted octanol–water partition coefficient (Wildman–Crippen LogP) is -0.817. The summed E-state index contributed by atoms with van der Waals surface area (Å²) in [5.41, 5.74) is 11.5. The topological polar surface area (TPSA) is 378 Å². The number of ether oxygens (including phenoxy) is 1. The van der Waals surface area contributed by atoms with Crippen molar-refractivity contribution in [2.24, 2.45) is 17.4 Å². The quantitative estimate of drug-likeness (QED) is 0.0376. The van der Waals surface area contributed by atoms with Gasteiger partial charge in [-0.25, -0.2) is 28.6 Å². The molecule has 306 valence electrons. The number of rotatable bonds is 20. The van der Waals surface area contributed by atoms with Gasteiger partial charge in [0.05, 0.1) is 19.3 Å². The average molecular weight is 842 g/mol. The van der Waals surface area contributed by atoms with Crippen molar-refractivity contribution in [3.05, 3.63) is 42.2 Å². The number of phosphoric ester groups is 2. The number of phosphoric acid groups is 3. The molecule has 2 aliphatic rings. The van der Waals surface area contributed by atoms with E-state index in [1.807, 2.05) is 0 Å². The van der Waals surface area contributed by atoms with E-state index in [0.717, 1.165) is 25.7 Å². The van der Waals surface area contributed by atoms with Crippen molar-refractivity contribution in [1.82, 2.24) is 19.9 Å². The van der Waals surface area contributed by atoms with E-state index in [1.165, 1.54) is 35.4 Å². The summed E-state index contributed by atoms with van der Waals surface area (Å²) < 4.78 is 62.2. The standard InChI is InChI=1S/C28H43N8O16P3/c29-7-3-1-2-4-8-31-26-19-27(33-14-32-26)35-28(34-19)24-23(40)22(39)18(50-24)13-49-54(44,45)52-55(46,47)51-53(42,43)48-12-16-10-17(21(38)20(16)37)36-9-5-6-15(11-36)25(30)41/h5-6,9,11,14,16-18,20-24,37-40H,1-4,7-8,10,12-13,29H2,(H6-,30,31,32,33,34,35,41,42,43,44,45,46,47)/p+1/t16?,17?,18-,20+,21-,22+,23+,24+/m1/s1. The maximum atomic E-state index is 12.6. The van der Waals surface area contributed by atoms with E-state index in [1.54, 1.807) is 0 Å². The number of unbranched alkanes of at least 4 members (excludes halogenated alkanes) is 3. The van der Waals surface area contributed by atoms with Crippen LogP contribution in [-0.4, -0.2) is 118 Å². The second kappa shape index (κ2) is 18.2. The molecule has 3 aromatic heterocycles. The number of hydrogen-bond donors (Lipinski definition) is 11. The maximum absolute atomic E-state index is 12.6. The molecule has 0 bridgehead atoms. The molecule has 0 spiro atoms. The number of aromatic amines is 1. The first-order chi connectivity index (χ1) is 25.9. The van der Waals surface area contributed by atoms with E-state index in [9.17, 15) is 53.6 Å². The number of carbonyl (C=O) groups excluding carboxylic acids is 1. The number of carbonyl (C=O) groups is 1. The van der Waals surface area contributed by atoms with Gasteiger partial charge in [0.25, 0.3) is 5.91 Å². The predicted molar refractivity (Wildman–Crippen MR) is 185 cm³/mol. The van der Waals surface area contributed by atoms with E-state index >= 15 is 0 Å². The summed E-state index contributed by atoms with van der Waals surface area (Å²) in [6.45, 7) is -0.598. The van der Waals surface area contributed by atoms with E-state index in [-0.39, 0.29) is 23.5 Å². The number of aliphatic hydroxyl groups excluding tert-OH is 4. The third kappa shape index (κ3) is 11.2. The van der Waals surface area contributed by atoms with Crippen LogP contribution in [0.1, 0.15) is 60.4 Å². The smallest absolute Gasteiger partial charge is 0.390 e. The number of imidazole rings is 1. The molecule has 1 aliphatic carbocycles. The molecule has 0 radical (unpaired) electrons. The summed E-state index contributed by atoms with van der Waals surface area (Å²) >= 11 is 0. The zero-order valence-electron chi connectivity index (χ0n) is 29.0. The number of amides is 1. The average Bonchev–Trinajstić information content (AvgIpc) is 3.76. The monoisotopic (exact) mass is 841 g/mol. The van der Waals surface area contributed by atoms with Crippen LogP contribution in [0.5, 0.6) is 0 Å². The number of anilines is 1. The van der Waals surface area contributed by atoms with Crippen LogP contribution in [0, 0.1) is 5.92 Å². The first-order valence-corrected chi connectivity index (χ1v) is 21.4. The lowest BCUT2D eigenvalue weighted by Crippen LogP contribution is -2.45. The van der Waals surface area contributed by atoms with Gasteiger partial charge < -0.3 is 61.6 Å². The molecule has 3 aromatic rings. The summed E-state index contributed by atoms with van der Waals surface area (Å²) in [4.78, 5) is 57.2. The number of hydrogen-bond acceptors (Lipinski definition) is 18. The zero-order chi connectivity index (χ0) is 40.1. The SMILES string of the molecule is NCCCCCCNc1ncnc2nc([C@H]3O[C@H](COP(=O)(O)OP(=O)(O)OP(=O)(O)OCC4CC([n+]5cccc(C(N)=O)c5)[C@@H](O)[C@H]4O)[C@H](O)[C@@H]3O)[nH]c12. The minimum Gasteiger partial charge on any atom is -0.390 e. The fourth-order valence-electron chi connectivity index (χ4n) is 6.14. The minimum atomic E-state index is -5.91. The van der Waals surface area contributed by atoms with Crippen molar-refractivity contribution in [3.63, 3.8) is 0 Å². The molecule has 1 saturated heterocycles. The van der Waals surface area contributed by atoms with Gasteiger partial charge >= 0.3 is 23.5 Å². The molecular formula is C28H44N8O16P3+. The van der Waals surface area contributed by atoms with Crippen LogP contribution in [0.3, 0.4) is 0 Å². The van der Waals surface area contributed by atoms with Crippen molar-refractivity contribution >= 4 is 46.4 Å². The van der Waals surface area contributed by atoms with Crippen LogP contribution >= 0.6 is 23.5 Å². The Balaban J connectivity index is 1.12. The van der Waals surface area contributed by atoms with Gasteiger partial charge in [0.2, 0.25) is 0 Å². The Labute approximate surface area is 312 Å². The van der Waals surface area contributed by atoms with E-state index < -0.39 is 91.2 Å². The number of fused-ring (bicyclic) bond motifs is 1. The van der Waals surface area contributed by atoms with Gasteiger partial charge in [0.1, 0.15) is 53.8 Å². The Kier molecular flexibility index (Phi) is 14.3. The number of pyridine rings is 1. The molecule has 4 heterocycles. The maximum Gasteiger partial charge on any atom is 0.490 e. The van der Waals surface area contributed by atoms with E-state index in [2.05, 4.69) is 38.4 Å². The van der Waals surface area contributed by atoms with Crippen LogP contribution in [0.4, 0.5) is 5.82 Å². The van der Waals surface area contributed by atoms with Gasteiger partial charge in [-0.3, -0.25) is 13.8 Å². The van der Waals surface area contributed by atoms with Crippen LogP contribution in [0.15, 0.2) is 30.9 Å². The fraction of sp³-hybridized carbons (Fsp3) is 0.607. The van der Waals surface area contributed by atoms with E-state index in [4.69, 9.17) is 20.7 Å². The number of nitrogens with zero attached hydrogens (tertiary/aromatic N) is 4. The molecule has 1 saturated carbocycles. The number of aromatic nitrogens is 5. The number of aliphatic hydroxyl groups is 4. The first-order valence-electron chi connectivity index (χ1n) is 16.9. The highest BCUT2D eigenvalue weighted by Crippen LogP contribution is 2.68. The molecule has 11 atom stereocenters. The molecule has 55 heavy (non-hydrogen) atoms. The van der Waals surface area contributed by atoms with Crippen LogP contribution < -0.4 is 21.4 Å². The van der Waals surface area contributed by atoms with Crippen molar-refractivity contribution in [2.45, 2.75) is 74.8 Å². The van der Waals surface area contributed by atoms with Gasteiger partial charge in [0.15, 0.2) is 29.9 Å². The molecule has 1 aliphatic heterocycles. The van der Waals surface area contributed by atoms with Crippen molar-refractivity contribution < 1.29 is 80.6 Å². The first kappa shape index (κ1) is 43.3. The van der Waals surface area contributed by atoms with Crippen LogP contribution in [-0.2, 0) is 36.1 Å². The molecule has 24 nitrogen and oxygen atoms in total. The molecule has 2 fully saturated rings. The van der Waals surface area contributed by atoms with Gasteiger partial charge in [-0.15, -0.1) is 0 Å². The van der Waals surface area contributed by atoms with Gasteiger partial charge in [0, 0.05) is 24.9 Å². The third-order valence-electron chi connectivity index (χ3n) is 8.89. The molecule has 13 N–H and O–H groups in total. The Bertz CT molecular complexity index is 1940. The van der Waals surface area contributed by atoms with Gasteiger partial charge in [-0.2, -0.15) is 13.2 Å². The van der Waals surface area contributed by atoms with Crippen LogP contribution in [0.25, 0.3) is 11.2 Å². The van der Waals surface area contributed by atoms with Crippen molar-refractivity contribution in [1.29, 1.82) is 0 Å². The lowest BCUT2D eigenvalue weighted by Gasteiger charge is -2.21. The Morgan fingerprint density at radius 2 is 1.64 bits per heavy atom. The second-order valence-corrected chi connectivity index (χ2v) is 17.5. The Hall–Kier alpha value is -2.86. The highest BCUT2D eigenvalue weighted by atomic mass is 31.3. The fourth-order valence-corrected chi connectivity index (χ4v) is 9.71. The van der Waals surface area contributed by atoms with E-state index in [0.29, 0.717) is 24.4 Å². The third-order valence-corrected chi connectivity index (χ3v) is 13.1. The van der Waals surface area contributed by atoms with Crippen LogP contribution in [0.2, 0.25) is 0 Å².